The van der Waals surface area contributed by atoms with Crippen LogP contribution in [0.2, 0.25) is 0 Å². The van der Waals surface area contributed by atoms with Crippen molar-refractivity contribution in [2.24, 2.45) is 5.92 Å². The fourth-order valence-corrected chi connectivity index (χ4v) is 1.33. The first-order chi connectivity index (χ1) is 5.25. The van der Waals surface area contributed by atoms with Crippen LogP contribution in [0.1, 0.15) is 19.3 Å². The summed E-state index contributed by atoms with van der Waals surface area (Å²) in [5.74, 6) is 0.265. The van der Waals surface area contributed by atoms with Crippen molar-refractivity contribution in [1.82, 2.24) is 5.06 Å². The molecule has 3 nitrogen and oxygen atoms in total. The van der Waals surface area contributed by atoms with Gasteiger partial charge in [0.1, 0.15) is 0 Å². The van der Waals surface area contributed by atoms with E-state index in [0.717, 1.165) is 19.3 Å². The van der Waals surface area contributed by atoms with Crippen molar-refractivity contribution >= 4 is 5.91 Å². The Bertz CT molecular complexity index is 141. The summed E-state index contributed by atoms with van der Waals surface area (Å²) in [4.78, 5) is 16.2. The number of hydroxylamine groups is 2. The van der Waals surface area contributed by atoms with Crippen LogP contribution in [0.15, 0.2) is 0 Å². The molecule has 63 valence electrons. The van der Waals surface area contributed by atoms with Crippen molar-refractivity contribution in [3.8, 4) is 0 Å². The summed E-state index contributed by atoms with van der Waals surface area (Å²) in [7, 11) is 3.16. The van der Waals surface area contributed by atoms with Crippen molar-refractivity contribution in [1.29, 1.82) is 0 Å². The van der Waals surface area contributed by atoms with Gasteiger partial charge in [-0.15, -0.1) is 0 Å². The lowest BCUT2D eigenvalue weighted by atomic mass is 10.1. The van der Waals surface area contributed by atoms with Crippen LogP contribution in [0, 0.1) is 12.3 Å². The molecule has 0 bridgehead atoms. The molecule has 1 atom stereocenters. The molecule has 0 aromatic rings. The summed E-state index contributed by atoms with van der Waals surface area (Å²) >= 11 is 0. The summed E-state index contributed by atoms with van der Waals surface area (Å²) in [6.45, 7) is 0. The maximum atomic E-state index is 11.4. The van der Waals surface area contributed by atoms with E-state index in [2.05, 4.69) is 6.42 Å². The number of hydrogen-bond acceptors (Lipinski definition) is 2. The molecule has 1 saturated carbocycles. The Hall–Kier alpha value is -0.570. The van der Waals surface area contributed by atoms with E-state index in [1.165, 1.54) is 12.2 Å². The van der Waals surface area contributed by atoms with Gasteiger partial charge in [0.25, 0.3) is 0 Å². The van der Waals surface area contributed by atoms with Gasteiger partial charge in [0.2, 0.25) is 5.91 Å². The largest absolute Gasteiger partial charge is 0.275 e. The highest BCUT2D eigenvalue weighted by atomic mass is 16.7. The molecular formula is C8H14NO2. The second-order valence-electron chi connectivity index (χ2n) is 2.82. The number of carbonyl (C=O) groups excluding carboxylic acids is 1. The number of hydrogen-bond donors (Lipinski definition) is 0. The standard InChI is InChI=1S/C8H14NO2/c1-9(11-2)8(10)7-5-3-4-6-7/h3,7H,4-6H2,1-2H3/t7-/m1/s1. The Kier molecular flexibility index (Phi) is 2.88. The predicted molar refractivity (Wildman–Crippen MR) is 41.4 cm³/mol. The van der Waals surface area contributed by atoms with Crippen LogP contribution < -0.4 is 0 Å². The first kappa shape index (κ1) is 8.53. The van der Waals surface area contributed by atoms with E-state index in [1.807, 2.05) is 0 Å². The average molecular weight is 156 g/mol. The lowest BCUT2D eigenvalue weighted by molar-refractivity contribution is -0.173. The van der Waals surface area contributed by atoms with Gasteiger partial charge in [-0.25, -0.2) is 5.06 Å². The van der Waals surface area contributed by atoms with Gasteiger partial charge in [-0.2, -0.15) is 0 Å². The quantitative estimate of drug-likeness (QED) is 0.558. The monoisotopic (exact) mass is 156 g/mol. The average Bonchev–Trinajstić information content (AvgIpc) is 2.53. The molecule has 0 heterocycles. The smallest absolute Gasteiger partial charge is 0.248 e. The van der Waals surface area contributed by atoms with Crippen LogP contribution in [-0.2, 0) is 9.63 Å². The fraction of sp³-hybridized carbons (Fsp3) is 0.750. The Morgan fingerprint density at radius 1 is 1.73 bits per heavy atom. The van der Waals surface area contributed by atoms with Gasteiger partial charge in [0.05, 0.1) is 7.11 Å². The predicted octanol–water partition coefficient (Wildman–Crippen LogP) is 1.01. The van der Waals surface area contributed by atoms with Crippen LogP contribution >= 0.6 is 0 Å². The second kappa shape index (κ2) is 3.72. The van der Waals surface area contributed by atoms with Crippen molar-refractivity contribution in [3.63, 3.8) is 0 Å². The van der Waals surface area contributed by atoms with Crippen molar-refractivity contribution in [2.45, 2.75) is 19.3 Å². The lowest BCUT2D eigenvalue weighted by Crippen LogP contribution is -2.30. The first-order valence-electron chi connectivity index (χ1n) is 3.89. The molecule has 0 spiro atoms. The van der Waals surface area contributed by atoms with Crippen LogP contribution in [0.5, 0.6) is 0 Å². The van der Waals surface area contributed by atoms with Gasteiger partial charge in [-0.1, -0.05) is 0 Å². The Balaban J connectivity index is 2.39. The summed E-state index contributed by atoms with van der Waals surface area (Å²) in [5, 5.41) is 1.31. The van der Waals surface area contributed by atoms with Gasteiger partial charge in [0.15, 0.2) is 0 Å². The van der Waals surface area contributed by atoms with Gasteiger partial charge >= 0.3 is 0 Å². The van der Waals surface area contributed by atoms with Crippen molar-refractivity contribution < 1.29 is 9.63 Å². The molecule has 11 heavy (non-hydrogen) atoms. The van der Waals surface area contributed by atoms with E-state index in [0.29, 0.717) is 0 Å². The lowest BCUT2D eigenvalue weighted by Gasteiger charge is -2.17. The molecule has 0 unspecified atom stereocenters. The zero-order valence-corrected chi connectivity index (χ0v) is 7.04. The van der Waals surface area contributed by atoms with E-state index < -0.39 is 0 Å². The van der Waals surface area contributed by atoms with Crippen LogP contribution in [0.4, 0.5) is 0 Å². The molecule has 0 N–H and O–H groups in total. The van der Waals surface area contributed by atoms with E-state index in [4.69, 9.17) is 4.84 Å². The number of nitrogens with zero attached hydrogens (tertiary/aromatic N) is 1. The molecule has 1 amide bonds. The van der Waals surface area contributed by atoms with Crippen molar-refractivity contribution in [3.05, 3.63) is 6.42 Å². The molecule has 1 aliphatic rings. The van der Waals surface area contributed by atoms with Gasteiger partial charge in [-0.3, -0.25) is 9.63 Å². The highest BCUT2D eigenvalue weighted by Gasteiger charge is 2.25. The molecule has 0 aromatic heterocycles. The third-order valence-electron chi connectivity index (χ3n) is 2.10. The third-order valence-corrected chi connectivity index (χ3v) is 2.10. The number of rotatable bonds is 2. The normalized spacial score (nSPS) is 18.7. The van der Waals surface area contributed by atoms with Crippen molar-refractivity contribution in [2.75, 3.05) is 14.2 Å². The van der Waals surface area contributed by atoms with Gasteiger partial charge in [-0.05, 0) is 25.7 Å². The zero-order valence-electron chi connectivity index (χ0n) is 7.04. The molecule has 3 heteroatoms. The van der Waals surface area contributed by atoms with Crippen LogP contribution in [-0.4, -0.2) is 25.1 Å². The van der Waals surface area contributed by atoms with Gasteiger partial charge < -0.3 is 0 Å². The molecule has 0 aromatic carbocycles. The minimum absolute atomic E-state index is 0.0984. The summed E-state index contributed by atoms with van der Waals surface area (Å²) in [6.07, 6.45) is 5.11. The molecule has 1 radical (unpaired) electrons. The number of carbonyl (C=O) groups is 1. The van der Waals surface area contributed by atoms with Crippen LogP contribution in [0.25, 0.3) is 0 Å². The molecule has 0 saturated heterocycles. The fourth-order valence-electron chi connectivity index (χ4n) is 1.33. The maximum Gasteiger partial charge on any atom is 0.248 e. The Labute approximate surface area is 67.3 Å². The maximum absolute atomic E-state index is 11.4. The van der Waals surface area contributed by atoms with E-state index in [-0.39, 0.29) is 11.8 Å². The minimum atomic E-state index is 0.0984. The molecule has 1 rings (SSSR count). The van der Waals surface area contributed by atoms with E-state index >= 15 is 0 Å². The molecular weight excluding hydrogens is 142 g/mol. The Morgan fingerprint density at radius 3 is 2.91 bits per heavy atom. The first-order valence-corrected chi connectivity index (χ1v) is 3.89. The summed E-state index contributed by atoms with van der Waals surface area (Å²) in [6, 6.07) is 0. The SMILES string of the molecule is CON(C)C(=O)[C@@H]1C[CH]CC1. The molecule has 1 fully saturated rings. The summed E-state index contributed by atoms with van der Waals surface area (Å²) in [5.41, 5.74) is 0. The van der Waals surface area contributed by atoms with E-state index in [9.17, 15) is 4.79 Å². The zero-order chi connectivity index (χ0) is 8.27. The van der Waals surface area contributed by atoms with Crippen LogP contribution in [0.3, 0.4) is 0 Å². The highest BCUT2D eigenvalue weighted by Crippen LogP contribution is 2.25. The summed E-state index contributed by atoms with van der Waals surface area (Å²) < 4.78 is 0. The minimum Gasteiger partial charge on any atom is -0.275 e. The topological polar surface area (TPSA) is 29.5 Å². The Morgan fingerprint density at radius 2 is 2.45 bits per heavy atom. The molecule has 0 aliphatic heterocycles. The third kappa shape index (κ3) is 1.93. The highest BCUT2D eigenvalue weighted by molar-refractivity contribution is 5.78. The molecule has 1 aliphatic carbocycles. The van der Waals surface area contributed by atoms with E-state index in [1.54, 1.807) is 7.05 Å². The van der Waals surface area contributed by atoms with Gasteiger partial charge in [0, 0.05) is 13.0 Å². The number of amides is 1. The second-order valence-corrected chi connectivity index (χ2v) is 2.82.